The number of amides is 1. The predicted octanol–water partition coefficient (Wildman–Crippen LogP) is 6.68. The number of carbonyl (C=O) groups is 1. The number of carbonyl (C=O) groups excluding carboxylic acids is 1. The van der Waals surface area contributed by atoms with Crippen molar-refractivity contribution in [3.8, 4) is 0 Å². The van der Waals surface area contributed by atoms with Crippen molar-refractivity contribution >= 4 is 74.9 Å². The van der Waals surface area contributed by atoms with Crippen LogP contribution < -0.4 is 4.31 Å². The van der Waals surface area contributed by atoms with E-state index in [0.717, 1.165) is 19.0 Å². The van der Waals surface area contributed by atoms with Crippen LogP contribution in [0, 0.1) is 3.57 Å². The monoisotopic (exact) mass is 495 g/mol. The van der Waals surface area contributed by atoms with Crippen LogP contribution in [0.3, 0.4) is 0 Å². The van der Waals surface area contributed by atoms with Gasteiger partial charge in [0.05, 0.1) is 11.3 Å². The highest BCUT2D eigenvalue weighted by atomic mass is 127. The molecule has 2 rings (SSSR count). The minimum atomic E-state index is -2.64. The van der Waals surface area contributed by atoms with Crippen molar-refractivity contribution in [1.29, 1.82) is 0 Å². The molecule has 0 atom stereocenters. The summed E-state index contributed by atoms with van der Waals surface area (Å²) in [6, 6.07) is 14.1. The largest absolute Gasteiger partial charge is 0.324 e. The summed E-state index contributed by atoms with van der Waals surface area (Å²) >= 11 is 13.5. The first-order valence-electron chi connectivity index (χ1n) is 6.80. The Labute approximate surface area is 168 Å². The van der Waals surface area contributed by atoms with Crippen LogP contribution in [0.1, 0.15) is 22.8 Å². The number of hydrogen-bond acceptors (Lipinski definition) is 2. The summed E-state index contributed by atoms with van der Waals surface area (Å²) in [7, 11) is 0. The number of allylic oxidation sites excluding steroid dienone is 1. The summed E-state index contributed by atoms with van der Waals surface area (Å²) in [5.74, 6) is -0.410. The lowest BCUT2D eigenvalue weighted by Crippen LogP contribution is -2.28. The molecular formula is C17H13Cl2FINOS. The minimum absolute atomic E-state index is 0.402. The zero-order valence-electron chi connectivity index (χ0n) is 12.6. The number of alkyl halides is 3. The predicted molar refractivity (Wildman–Crippen MR) is 110 cm³/mol. The van der Waals surface area contributed by atoms with E-state index in [1.165, 1.54) is 0 Å². The van der Waals surface area contributed by atoms with Gasteiger partial charge >= 0.3 is 3.92 Å². The third-order valence-corrected chi connectivity index (χ3v) is 5.18. The second-order valence-electron chi connectivity index (χ2n) is 4.95. The Morgan fingerprint density at radius 2 is 1.92 bits per heavy atom. The van der Waals surface area contributed by atoms with E-state index in [-0.39, 0.29) is 0 Å². The van der Waals surface area contributed by atoms with E-state index in [9.17, 15) is 9.18 Å². The van der Waals surface area contributed by atoms with Crippen molar-refractivity contribution in [2.45, 2.75) is 10.8 Å². The summed E-state index contributed by atoms with van der Waals surface area (Å²) in [5.41, 5.74) is 2.56. The Balaban J connectivity index is 2.49. The molecule has 0 saturated heterocycles. The fraction of sp³-hybridized carbons (Fsp3) is 0.118. The first-order valence-corrected chi connectivity index (χ1v) is 9.40. The van der Waals surface area contributed by atoms with Gasteiger partial charge in [-0.2, -0.15) is 4.39 Å². The molecule has 0 radical (unpaired) electrons. The molecule has 0 aliphatic heterocycles. The molecule has 24 heavy (non-hydrogen) atoms. The van der Waals surface area contributed by atoms with E-state index in [4.69, 9.17) is 23.2 Å². The van der Waals surface area contributed by atoms with Gasteiger partial charge in [-0.05, 0) is 59.3 Å². The molecule has 0 aromatic heterocycles. The molecule has 7 heteroatoms. The number of hydrogen-bond donors (Lipinski definition) is 0. The molecule has 0 saturated carbocycles. The van der Waals surface area contributed by atoms with Crippen molar-refractivity contribution in [2.75, 3.05) is 4.31 Å². The zero-order valence-corrected chi connectivity index (χ0v) is 17.1. The van der Waals surface area contributed by atoms with Crippen molar-refractivity contribution < 1.29 is 9.18 Å². The normalized spacial score (nSPS) is 11.2. The lowest BCUT2D eigenvalue weighted by atomic mass is 10.1. The smallest absolute Gasteiger partial charge is 0.268 e. The zero-order chi connectivity index (χ0) is 17.9. The first-order chi connectivity index (χ1) is 11.2. The number of anilines is 1. The number of benzene rings is 2. The molecule has 2 aromatic carbocycles. The summed E-state index contributed by atoms with van der Waals surface area (Å²) in [5, 5.41) is 0. The number of halogens is 4. The van der Waals surface area contributed by atoms with E-state index in [0.29, 0.717) is 23.2 Å². The Bertz CT molecular complexity index is 779. The van der Waals surface area contributed by atoms with E-state index in [1.54, 1.807) is 36.4 Å². The summed E-state index contributed by atoms with van der Waals surface area (Å²) in [4.78, 5) is 12.9. The maximum Gasteiger partial charge on any atom is 0.324 e. The van der Waals surface area contributed by atoms with Gasteiger partial charge in [0.25, 0.3) is 5.91 Å². The van der Waals surface area contributed by atoms with Crippen LogP contribution in [0.15, 0.2) is 55.1 Å². The molecule has 126 valence electrons. The quantitative estimate of drug-likeness (QED) is 0.262. The van der Waals surface area contributed by atoms with Gasteiger partial charge in [0, 0.05) is 15.5 Å². The topological polar surface area (TPSA) is 20.3 Å². The van der Waals surface area contributed by atoms with Crippen molar-refractivity contribution in [1.82, 2.24) is 0 Å². The van der Waals surface area contributed by atoms with Crippen LogP contribution in [-0.4, -0.2) is 9.83 Å². The molecule has 2 aromatic rings. The van der Waals surface area contributed by atoms with Gasteiger partial charge in [0.1, 0.15) is 0 Å². The van der Waals surface area contributed by atoms with Crippen LogP contribution >= 0.6 is 57.7 Å². The van der Waals surface area contributed by atoms with Crippen LogP contribution in [0.4, 0.5) is 10.1 Å². The molecule has 0 heterocycles. The number of rotatable bonds is 5. The Morgan fingerprint density at radius 1 is 1.25 bits per heavy atom. The van der Waals surface area contributed by atoms with Gasteiger partial charge in [0.2, 0.25) is 0 Å². The SMILES string of the molecule is C=C(C)c1cccc(N(SC(F)(Cl)Cl)C(=O)c2ccccc2I)c1. The van der Waals surface area contributed by atoms with Crippen molar-refractivity contribution in [2.24, 2.45) is 0 Å². The van der Waals surface area contributed by atoms with Gasteiger partial charge in [-0.15, -0.1) is 0 Å². The Hall–Kier alpha value is -0.760. The average Bonchev–Trinajstić information content (AvgIpc) is 2.52. The van der Waals surface area contributed by atoms with Gasteiger partial charge in [-0.1, -0.05) is 59.6 Å². The maximum absolute atomic E-state index is 13.8. The van der Waals surface area contributed by atoms with E-state index >= 15 is 0 Å². The average molecular weight is 496 g/mol. The van der Waals surface area contributed by atoms with Crippen LogP contribution in [0.5, 0.6) is 0 Å². The lowest BCUT2D eigenvalue weighted by Gasteiger charge is -2.25. The lowest BCUT2D eigenvalue weighted by molar-refractivity contribution is 0.101. The summed E-state index contributed by atoms with van der Waals surface area (Å²) in [6.45, 7) is 5.73. The van der Waals surface area contributed by atoms with Gasteiger partial charge in [-0.3, -0.25) is 4.79 Å². The number of nitrogens with zero attached hydrogens (tertiary/aromatic N) is 1. The molecule has 1 amide bonds. The van der Waals surface area contributed by atoms with Crippen LogP contribution in [-0.2, 0) is 0 Å². The van der Waals surface area contributed by atoms with E-state index in [2.05, 4.69) is 29.2 Å². The summed E-state index contributed by atoms with van der Waals surface area (Å²) < 4.78 is 13.1. The summed E-state index contributed by atoms with van der Waals surface area (Å²) in [6.07, 6.45) is 0. The van der Waals surface area contributed by atoms with E-state index in [1.807, 2.05) is 19.1 Å². The minimum Gasteiger partial charge on any atom is -0.268 e. The molecule has 0 spiro atoms. The molecule has 0 N–H and O–H groups in total. The first kappa shape index (κ1) is 19.6. The van der Waals surface area contributed by atoms with Gasteiger partial charge in [0.15, 0.2) is 0 Å². The van der Waals surface area contributed by atoms with Gasteiger partial charge in [-0.25, -0.2) is 4.31 Å². The molecule has 0 aliphatic rings. The fourth-order valence-corrected chi connectivity index (χ4v) is 3.60. The third-order valence-electron chi connectivity index (χ3n) is 3.06. The fourth-order valence-electron chi connectivity index (χ4n) is 1.96. The molecule has 0 aliphatic carbocycles. The van der Waals surface area contributed by atoms with Gasteiger partial charge < -0.3 is 0 Å². The van der Waals surface area contributed by atoms with E-state index < -0.39 is 9.83 Å². The molecule has 0 fully saturated rings. The highest BCUT2D eigenvalue weighted by Gasteiger charge is 2.32. The maximum atomic E-state index is 13.8. The highest BCUT2D eigenvalue weighted by molar-refractivity contribution is 14.1. The highest BCUT2D eigenvalue weighted by Crippen LogP contribution is 2.42. The molecule has 2 nitrogen and oxygen atoms in total. The Kier molecular flexibility index (Phi) is 6.59. The van der Waals surface area contributed by atoms with Crippen LogP contribution in [0.25, 0.3) is 5.57 Å². The second kappa shape index (κ2) is 8.08. The molecule has 0 bridgehead atoms. The second-order valence-corrected chi connectivity index (χ2v) is 8.90. The van der Waals surface area contributed by atoms with Crippen molar-refractivity contribution in [3.05, 3.63) is 69.8 Å². The Morgan fingerprint density at radius 3 is 2.50 bits per heavy atom. The van der Waals surface area contributed by atoms with Crippen molar-refractivity contribution in [3.63, 3.8) is 0 Å². The standard InChI is InChI=1S/C17H13Cl2FINOS/c1-11(2)12-6-5-7-13(10-12)22(24-17(18,19)20)16(23)14-8-3-4-9-15(14)21/h3-10H,1H2,2H3. The molecule has 0 unspecified atom stereocenters. The third kappa shape index (κ3) is 5.12. The molecular weight excluding hydrogens is 483 g/mol. The van der Waals surface area contributed by atoms with Crippen LogP contribution in [0.2, 0.25) is 0 Å².